The van der Waals surface area contributed by atoms with Crippen LogP contribution in [0.1, 0.15) is 33.6 Å². The number of anilines is 1. The number of carbonyl (C=O) groups excluding carboxylic acids is 2. The Morgan fingerprint density at radius 1 is 1.64 bits per heavy atom. The van der Waals surface area contributed by atoms with Gasteiger partial charge in [-0.25, -0.2) is 0 Å². The Hall–Kier alpha value is -1.61. The Labute approximate surface area is 137 Å². The van der Waals surface area contributed by atoms with E-state index in [2.05, 4.69) is 20.8 Å². The molecule has 120 valence electrons. The van der Waals surface area contributed by atoms with Gasteiger partial charge in [-0.3, -0.25) is 9.59 Å². The Bertz CT molecular complexity index is 574. The first-order valence-electron chi connectivity index (χ1n) is 6.88. The number of aromatic nitrogens is 2. The van der Waals surface area contributed by atoms with Gasteiger partial charge >= 0.3 is 5.97 Å². The molecule has 2 heterocycles. The lowest BCUT2D eigenvalue weighted by atomic mass is 9.89. The molecule has 22 heavy (non-hydrogen) atoms. The highest BCUT2D eigenvalue weighted by molar-refractivity contribution is 7.80. The molecule has 0 aliphatic carbocycles. The molecule has 0 aromatic carbocycles. The van der Waals surface area contributed by atoms with Crippen LogP contribution in [0.2, 0.25) is 0 Å². The van der Waals surface area contributed by atoms with E-state index < -0.39 is 5.60 Å². The van der Waals surface area contributed by atoms with Crippen LogP contribution in [0, 0.1) is 11.8 Å². The minimum Gasteiger partial charge on any atom is -0.459 e. The maximum Gasteiger partial charge on any atom is 0.309 e. The molecule has 0 saturated carbocycles. The second-order valence-electron chi connectivity index (χ2n) is 5.91. The van der Waals surface area contributed by atoms with Crippen molar-refractivity contribution in [2.24, 2.45) is 11.8 Å². The van der Waals surface area contributed by atoms with Gasteiger partial charge in [0.2, 0.25) is 11.0 Å². The third kappa shape index (κ3) is 4.44. The monoisotopic (exact) mass is 342 g/mol. The lowest BCUT2D eigenvalue weighted by Gasteiger charge is -2.16. The van der Waals surface area contributed by atoms with Gasteiger partial charge in [0.15, 0.2) is 5.11 Å². The zero-order valence-corrected chi connectivity index (χ0v) is 14.2. The van der Waals surface area contributed by atoms with E-state index >= 15 is 0 Å². The summed E-state index contributed by atoms with van der Waals surface area (Å²) in [5.41, 5.74) is 1.11. The van der Waals surface area contributed by atoms with Crippen LogP contribution < -0.4 is 10.6 Å². The minimum absolute atomic E-state index is 0.169. The predicted molar refractivity (Wildman–Crippen MR) is 86.3 cm³/mol. The van der Waals surface area contributed by atoms with E-state index in [9.17, 15) is 9.59 Å². The molecule has 1 aliphatic rings. The third-order valence-corrected chi connectivity index (χ3v) is 4.16. The zero-order chi connectivity index (χ0) is 16.3. The van der Waals surface area contributed by atoms with E-state index in [1.54, 1.807) is 12.4 Å². The van der Waals surface area contributed by atoms with Crippen molar-refractivity contribution in [3.05, 3.63) is 5.51 Å². The molecule has 2 N–H and O–H groups in total. The number of esters is 1. The Kier molecular flexibility index (Phi) is 5.07. The van der Waals surface area contributed by atoms with Crippen molar-refractivity contribution in [1.82, 2.24) is 15.5 Å². The summed E-state index contributed by atoms with van der Waals surface area (Å²) in [6, 6.07) is 0. The Balaban J connectivity index is 1.82. The highest BCUT2D eigenvalue weighted by Gasteiger charge is 2.41. The molecule has 0 spiro atoms. The van der Waals surface area contributed by atoms with Gasteiger partial charge < -0.3 is 15.4 Å². The molecule has 9 heteroatoms. The zero-order valence-electron chi connectivity index (χ0n) is 12.6. The molecule has 2 rings (SSSR count). The van der Waals surface area contributed by atoms with E-state index in [1.807, 2.05) is 13.8 Å². The summed E-state index contributed by atoms with van der Waals surface area (Å²) >= 11 is 6.32. The fourth-order valence-electron chi connectivity index (χ4n) is 2.38. The molecule has 2 atom stereocenters. The Morgan fingerprint density at radius 3 is 2.91 bits per heavy atom. The number of nitrogens with one attached hydrogen (secondary N) is 2. The summed E-state index contributed by atoms with van der Waals surface area (Å²) in [4.78, 5) is 23.9. The number of cyclic esters (lactones) is 1. The van der Waals surface area contributed by atoms with Crippen molar-refractivity contribution in [2.45, 2.75) is 39.2 Å². The second kappa shape index (κ2) is 6.66. The van der Waals surface area contributed by atoms with E-state index in [0.717, 1.165) is 0 Å². The molecule has 1 saturated heterocycles. The van der Waals surface area contributed by atoms with Crippen LogP contribution in [-0.4, -0.2) is 32.8 Å². The van der Waals surface area contributed by atoms with Crippen LogP contribution >= 0.6 is 23.6 Å². The van der Waals surface area contributed by atoms with Crippen LogP contribution in [0.5, 0.6) is 0 Å². The summed E-state index contributed by atoms with van der Waals surface area (Å²) < 4.78 is 5.27. The van der Waals surface area contributed by atoms with Crippen molar-refractivity contribution in [3.63, 3.8) is 0 Å². The molecule has 1 amide bonds. The number of thiocarbonyl (C=S) groups is 1. The van der Waals surface area contributed by atoms with E-state index in [4.69, 9.17) is 17.0 Å². The number of carbonyl (C=O) groups is 2. The molecule has 0 unspecified atom stereocenters. The van der Waals surface area contributed by atoms with Crippen molar-refractivity contribution >= 4 is 45.7 Å². The van der Waals surface area contributed by atoms with Crippen LogP contribution in [-0.2, 0) is 14.3 Å². The maximum absolute atomic E-state index is 12.1. The van der Waals surface area contributed by atoms with Gasteiger partial charge in [-0.05, 0) is 38.9 Å². The number of hydrogen-bond acceptors (Lipinski definition) is 7. The standard InChI is InChI=1S/C13H18N4O3S2/c1-7(4-8-5-13(2,3)20-10(8)19)9(18)15-11(21)16-12-17-14-6-22-12/h6-8H,4-5H2,1-3H3,(H2,15,16,17,18,21)/t7-,8+/m1/s1. The van der Waals surface area contributed by atoms with Gasteiger partial charge in [-0.15, -0.1) is 10.2 Å². The summed E-state index contributed by atoms with van der Waals surface area (Å²) in [7, 11) is 0. The van der Waals surface area contributed by atoms with E-state index in [1.165, 1.54) is 11.3 Å². The van der Waals surface area contributed by atoms with Crippen LogP contribution in [0.25, 0.3) is 0 Å². The summed E-state index contributed by atoms with van der Waals surface area (Å²) in [6.07, 6.45) is 1.06. The molecule has 1 aliphatic heterocycles. The van der Waals surface area contributed by atoms with Crippen molar-refractivity contribution in [1.29, 1.82) is 0 Å². The minimum atomic E-state index is -0.452. The SMILES string of the molecule is C[C@H](C[C@H]1CC(C)(C)OC1=O)C(=O)NC(=S)Nc1nncs1. The van der Waals surface area contributed by atoms with Crippen molar-refractivity contribution in [3.8, 4) is 0 Å². The summed E-state index contributed by atoms with van der Waals surface area (Å²) in [6.45, 7) is 5.51. The largest absolute Gasteiger partial charge is 0.459 e. The average molecular weight is 342 g/mol. The maximum atomic E-state index is 12.1. The fourth-order valence-corrected chi connectivity index (χ4v) is 3.09. The van der Waals surface area contributed by atoms with Gasteiger partial charge in [-0.1, -0.05) is 18.3 Å². The van der Waals surface area contributed by atoms with Crippen LogP contribution in [0.3, 0.4) is 0 Å². The van der Waals surface area contributed by atoms with Crippen LogP contribution in [0.15, 0.2) is 5.51 Å². The normalized spacial score (nSPS) is 21.0. The lowest BCUT2D eigenvalue weighted by molar-refractivity contribution is -0.148. The molecule has 1 aromatic heterocycles. The number of hydrogen-bond donors (Lipinski definition) is 2. The second-order valence-corrected chi connectivity index (χ2v) is 7.15. The van der Waals surface area contributed by atoms with Crippen molar-refractivity contribution in [2.75, 3.05) is 5.32 Å². The molecule has 1 fully saturated rings. The topological polar surface area (TPSA) is 93.2 Å². The van der Waals surface area contributed by atoms with Gasteiger partial charge in [0.1, 0.15) is 11.1 Å². The highest BCUT2D eigenvalue weighted by atomic mass is 32.1. The number of rotatable bonds is 4. The quantitative estimate of drug-likeness (QED) is 0.635. The lowest BCUT2D eigenvalue weighted by Crippen LogP contribution is -2.38. The summed E-state index contributed by atoms with van der Waals surface area (Å²) in [5, 5.41) is 13.5. The highest BCUT2D eigenvalue weighted by Crippen LogP contribution is 2.34. The van der Waals surface area contributed by atoms with Gasteiger partial charge in [0, 0.05) is 5.92 Å². The first-order chi connectivity index (χ1) is 10.3. The first-order valence-corrected chi connectivity index (χ1v) is 8.16. The molecule has 0 bridgehead atoms. The number of nitrogens with zero attached hydrogens (tertiary/aromatic N) is 2. The third-order valence-electron chi connectivity index (χ3n) is 3.35. The number of amides is 1. The van der Waals surface area contributed by atoms with E-state index in [-0.39, 0.29) is 28.8 Å². The van der Waals surface area contributed by atoms with Gasteiger partial charge in [0.05, 0.1) is 5.92 Å². The molecular formula is C13H18N4O3S2. The smallest absolute Gasteiger partial charge is 0.309 e. The number of ether oxygens (including phenoxy) is 1. The van der Waals surface area contributed by atoms with Crippen molar-refractivity contribution < 1.29 is 14.3 Å². The molecule has 1 aromatic rings. The Morgan fingerprint density at radius 2 is 2.36 bits per heavy atom. The van der Waals surface area contributed by atoms with Crippen LogP contribution in [0.4, 0.5) is 5.13 Å². The summed E-state index contributed by atoms with van der Waals surface area (Å²) in [5.74, 6) is -1.07. The molecule has 7 nitrogen and oxygen atoms in total. The molecular weight excluding hydrogens is 324 g/mol. The molecule has 0 radical (unpaired) electrons. The van der Waals surface area contributed by atoms with E-state index in [0.29, 0.717) is 18.0 Å². The van der Waals surface area contributed by atoms with Gasteiger partial charge in [0.25, 0.3) is 0 Å². The predicted octanol–water partition coefficient (Wildman–Crippen LogP) is 1.72. The fraction of sp³-hybridized carbons (Fsp3) is 0.615. The average Bonchev–Trinajstić information content (AvgIpc) is 2.97. The van der Waals surface area contributed by atoms with Gasteiger partial charge in [-0.2, -0.15) is 0 Å². The first kappa shape index (κ1) is 16.8.